The van der Waals surface area contributed by atoms with Crippen LogP contribution in [0.3, 0.4) is 0 Å². The number of rotatable bonds is 5. The van der Waals surface area contributed by atoms with Gasteiger partial charge in [0.15, 0.2) is 0 Å². The van der Waals surface area contributed by atoms with Crippen molar-refractivity contribution in [1.29, 1.82) is 0 Å². The fourth-order valence-electron chi connectivity index (χ4n) is 3.23. The molecular formula is C23H20N4O3S. The van der Waals surface area contributed by atoms with Gasteiger partial charge in [-0.25, -0.2) is 4.98 Å². The molecule has 2 heterocycles. The van der Waals surface area contributed by atoms with Gasteiger partial charge in [-0.15, -0.1) is 11.3 Å². The van der Waals surface area contributed by atoms with Crippen LogP contribution in [-0.2, 0) is 4.79 Å². The molecule has 2 aromatic heterocycles. The summed E-state index contributed by atoms with van der Waals surface area (Å²) in [7, 11) is 0. The highest BCUT2D eigenvalue weighted by Gasteiger charge is 2.23. The molecule has 4 rings (SSSR count). The fourth-order valence-corrected chi connectivity index (χ4v) is 4.27. The van der Waals surface area contributed by atoms with Crippen molar-refractivity contribution >= 4 is 44.7 Å². The van der Waals surface area contributed by atoms with Crippen LogP contribution in [0.1, 0.15) is 28.2 Å². The zero-order chi connectivity index (χ0) is 22.0. The molecule has 0 spiro atoms. The lowest BCUT2D eigenvalue weighted by atomic mass is 10.2. The molecule has 0 bridgehead atoms. The molecule has 8 heteroatoms. The standard InChI is InChI=1S/C23H20N4O3S/c1-14-18-22(31-19(14)21(29)26-17-11-7-4-8-12-17)24-13-27(23(18)30)15(2)20(28)25-16-9-5-3-6-10-16/h3-13,15H,1-2H3,(H,25,28)(H,26,29)/t15-/m0/s1. The van der Waals surface area contributed by atoms with Gasteiger partial charge in [0.05, 0.1) is 16.6 Å². The Hall–Kier alpha value is -3.78. The van der Waals surface area contributed by atoms with Gasteiger partial charge in [-0.3, -0.25) is 19.0 Å². The van der Waals surface area contributed by atoms with Gasteiger partial charge in [0, 0.05) is 11.4 Å². The number of benzene rings is 2. The predicted octanol–water partition coefficient (Wildman–Crippen LogP) is 4.22. The van der Waals surface area contributed by atoms with E-state index in [2.05, 4.69) is 15.6 Å². The smallest absolute Gasteiger partial charge is 0.266 e. The quantitative estimate of drug-likeness (QED) is 0.494. The molecule has 0 radical (unpaired) electrons. The number of amides is 2. The van der Waals surface area contributed by atoms with Crippen molar-refractivity contribution in [3.63, 3.8) is 0 Å². The average molecular weight is 433 g/mol. The number of hydrogen-bond donors (Lipinski definition) is 2. The number of thiophene rings is 1. The second-order valence-corrected chi connectivity index (χ2v) is 8.04. The number of hydrogen-bond acceptors (Lipinski definition) is 5. The van der Waals surface area contributed by atoms with Crippen molar-refractivity contribution in [3.8, 4) is 0 Å². The maximum absolute atomic E-state index is 13.2. The first kappa shape index (κ1) is 20.5. The van der Waals surface area contributed by atoms with Gasteiger partial charge in [-0.1, -0.05) is 36.4 Å². The van der Waals surface area contributed by atoms with Crippen molar-refractivity contribution in [1.82, 2.24) is 9.55 Å². The van der Waals surface area contributed by atoms with Crippen molar-refractivity contribution in [2.24, 2.45) is 0 Å². The fraction of sp³-hybridized carbons (Fsp3) is 0.130. The number of aromatic nitrogens is 2. The second-order valence-electron chi connectivity index (χ2n) is 7.04. The van der Waals surface area contributed by atoms with Gasteiger partial charge in [0.2, 0.25) is 5.91 Å². The number of para-hydroxylation sites is 2. The minimum absolute atomic E-state index is 0.299. The number of carbonyl (C=O) groups is 2. The van der Waals surface area contributed by atoms with E-state index in [0.717, 1.165) is 11.3 Å². The molecule has 0 fully saturated rings. The first-order valence-electron chi connectivity index (χ1n) is 9.68. The van der Waals surface area contributed by atoms with Gasteiger partial charge >= 0.3 is 0 Å². The van der Waals surface area contributed by atoms with Gasteiger partial charge in [-0.2, -0.15) is 0 Å². The predicted molar refractivity (Wildman–Crippen MR) is 123 cm³/mol. The molecule has 7 nitrogen and oxygen atoms in total. The highest BCUT2D eigenvalue weighted by atomic mass is 32.1. The van der Waals surface area contributed by atoms with E-state index in [9.17, 15) is 14.4 Å². The summed E-state index contributed by atoms with van der Waals surface area (Å²) in [6.45, 7) is 3.36. The van der Waals surface area contributed by atoms with Crippen LogP contribution in [0.4, 0.5) is 11.4 Å². The third kappa shape index (κ3) is 4.10. The maximum atomic E-state index is 13.2. The van der Waals surface area contributed by atoms with Crippen LogP contribution < -0.4 is 16.2 Å². The van der Waals surface area contributed by atoms with Crippen LogP contribution in [0.15, 0.2) is 71.8 Å². The minimum Gasteiger partial charge on any atom is -0.324 e. The van der Waals surface area contributed by atoms with E-state index in [4.69, 9.17) is 0 Å². The molecule has 0 aliphatic rings. The van der Waals surface area contributed by atoms with E-state index < -0.39 is 6.04 Å². The minimum atomic E-state index is -0.773. The number of aryl methyl sites for hydroxylation is 1. The van der Waals surface area contributed by atoms with Crippen molar-refractivity contribution < 1.29 is 9.59 Å². The molecule has 4 aromatic rings. The number of anilines is 2. The van der Waals surface area contributed by atoms with Crippen LogP contribution in [0.2, 0.25) is 0 Å². The van der Waals surface area contributed by atoms with E-state index in [1.54, 1.807) is 38.1 Å². The Bertz CT molecular complexity index is 1310. The molecule has 0 aliphatic heterocycles. The SMILES string of the molecule is Cc1c(C(=O)Nc2ccccc2)sc2ncn([C@@H](C)C(=O)Nc3ccccc3)c(=O)c12. The van der Waals surface area contributed by atoms with E-state index in [1.165, 1.54) is 10.9 Å². The Morgan fingerprint density at radius 1 is 0.968 bits per heavy atom. The Labute approximate surface area is 182 Å². The zero-order valence-corrected chi connectivity index (χ0v) is 17.8. The normalized spacial score (nSPS) is 11.8. The Kier molecular flexibility index (Phi) is 5.64. The molecule has 156 valence electrons. The maximum Gasteiger partial charge on any atom is 0.266 e. The van der Waals surface area contributed by atoms with Gasteiger partial charge < -0.3 is 10.6 Å². The van der Waals surface area contributed by atoms with Gasteiger partial charge in [0.25, 0.3) is 11.5 Å². The summed E-state index contributed by atoms with van der Waals surface area (Å²) in [6.07, 6.45) is 1.36. The van der Waals surface area contributed by atoms with Crippen molar-refractivity contribution in [2.45, 2.75) is 19.9 Å². The monoisotopic (exact) mass is 432 g/mol. The summed E-state index contributed by atoms with van der Waals surface area (Å²) < 4.78 is 1.29. The summed E-state index contributed by atoms with van der Waals surface area (Å²) in [6, 6.07) is 17.4. The zero-order valence-electron chi connectivity index (χ0n) is 17.0. The van der Waals surface area contributed by atoms with Crippen LogP contribution >= 0.6 is 11.3 Å². The van der Waals surface area contributed by atoms with Crippen LogP contribution in [0, 0.1) is 6.92 Å². The summed E-state index contributed by atoms with van der Waals surface area (Å²) in [4.78, 5) is 43.8. The van der Waals surface area contributed by atoms with E-state index in [1.807, 2.05) is 36.4 Å². The molecule has 1 atom stereocenters. The number of carbonyl (C=O) groups excluding carboxylic acids is 2. The van der Waals surface area contributed by atoms with Crippen LogP contribution in [-0.4, -0.2) is 21.4 Å². The number of fused-ring (bicyclic) bond motifs is 1. The third-order valence-electron chi connectivity index (χ3n) is 4.95. The molecular weight excluding hydrogens is 412 g/mol. The Morgan fingerprint density at radius 3 is 2.16 bits per heavy atom. The number of nitrogens with one attached hydrogen (secondary N) is 2. The highest BCUT2D eigenvalue weighted by Crippen LogP contribution is 2.28. The van der Waals surface area contributed by atoms with Gasteiger partial charge in [-0.05, 0) is 43.7 Å². The molecule has 2 amide bonds. The summed E-state index contributed by atoms with van der Waals surface area (Å²) in [5.74, 6) is -0.628. The van der Waals surface area contributed by atoms with Crippen LogP contribution in [0.25, 0.3) is 10.2 Å². The lowest BCUT2D eigenvalue weighted by Crippen LogP contribution is -2.31. The van der Waals surface area contributed by atoms with Crippen LogP contribution in [0.5, 0.6) is 0 Å². The number of nitrogens with zero attached hydrogens (tertiary/aromatic N) is 2. The molecule has 0 aliphatic carbocycles. The molecule has 2 aromatic carbocycles. The molecule has 2 N–H and O–H groups in total. The molecule has 0 saturated carbocycles. The summed E-state index contributed by atoms with van der Waals surface area (Å²) in [5, 5.41) is 5.98. The summed E-state index contributed by atoms with van der Waals surface area (Å²) in [5.41, 5.74) is 1.51. The van der Waals surface area contributed by atoms with Crippen molar-refractivity contribution in [2.75, 3.05) is 10.6 Å². The lowest BCUT2D eigenvalue weighted by Gasteiger charge is -2.15. The molecule has 0 saturated heterocycles. The summed E-state index contributed by atoms with van der Waals surface area (Å²) >= 11 is 1.16. The topological polar surface area (TPSA) is 93.1 Å². The lowest BCUT2D eigenvalue weighted by molar-refractivity contribution is -0.118. The first-order chi connectivity index (χ1) is 15.0. The van der Waals surface area contributed by atoms with E-state index >= 15 is 0 Å². The molecule has 0 unspecified atom stereocenters. The van der Waals surface area contributed by atoms with Crippen molar-refractivity contribution in [3.05, 3.63) is 87.8 Å². The van der Waals surface area contributed by atoms with E-state index in [-0.39, 0.29) is 17.4 Å². The van der Waals surface area contributed by atoms with E-state index in [0.29, 0.717) is 32.0 Å². The Balaban J connectivity index is 1.64. The Morgan fingerprint density at radius 2 is 1.55 bits per heavy atom. The second kappa shape index (κ2) is 8.53. The highest BCUT2D eigenvalue weighted by molar-refractivity contribution is 7.20. The first-order valence-corrected chi connectivity index (χ1v) is 10.5. The largest absolute Gasteiger partial charge is 0.324 e. The molecule has 31 heavy (non-hydrogen) atoms. The average Bonchev–Trinajstić information content (AvgIpc) is 3.12. The third-order valence-corrected chi connectivity index (χ3v) is 6.15. The van der Waals surface area contributed by atoms with Gasteiger partial charge in [0.1, 0.15) is 10.9 Å².